The maximum atomic E-state index is 6.13. The third-order valence-electron chi connectivity index (χ3n) is 3.68. The molecule has 0 saturated heterocycles. The molecule has 4 nitrogen and oxygen atoms in total. The molecule has 1 heterocycles. The second-order valence-electron chi connectivity index (χ2n) is 6.21. The summed E-state index contributed by atoms with van der Waals surface area (Å²) < 4.78 is 0. The molecule has 0 aliphatic heterocycles. The van der Waals surface area contributed by atoms with Gasteiger partial charge in [0.15, 0.2) is 0 Å². The number of halogens is 1. The summed E-state index contributed by atoms with van der Waals surface area (Å²) in [5, 5.41) is 7.33. The van der Waals surface area contributed by atoms with E-state index in [1.54, 1.807) is 0 Å². The molecule has 0 fully saturated rings. The average molecular weight is 353 g/mol. The van der Waals surface area contributed by atoms with Crippen LogP contribution in [0.2, 0.25) is 5.02 Å². The number of hydrogen-bond donors (Lipinski definition) is 2. The van der Waals surface area contributed by atoms with Crippen molar-refractivity contribution in [3.8, 4) is 11.3 Å². The van der Waals surface area contributed by atoms with Gasteiger partial charge in [0, 0.05) is 28.4 Å². The first-order valence-electron chi connectivity index (χ1n) is 8.25. The van der Waals surface area contributed by atoms with Crippen molar-refractivity contribution in [1.82, 2.24) is 9.97 Å². The van der Waals surface area contributed by atoms with Crippen LogP contribution in [-0.4, -0.2) is 16.0 Å². The molecule has 2 N–H and O–H groups in total. The minimum absolute atomic E-state index is 0.242. The SMILES string of the molecule is Cc1ccc(Cl)cc1Nc1cc(-c2ccccc2)nc(NC(C)C)n1. The zero-order valence-corrected chi connectivity index (χ0v) is 15.3. The van der Waals surface area contributed by atoms with Crippen LogP contribution in [0.25, 0.3) is 11.3 Å². The van der Waals surface area contributed by atoms with Gasteiger partial charge in [0.1, 0.15) is 5.82 Å². The van der Waals surface area contributed by atoms with Gasteiger partial charge >= 0.3 is 0 Å². The Balaban J connectivity index is 2.01. The quantitative estimate of drug-likeness (QED) is 0.621. The maximum absolute atomic E-state index is 6.13. The van der Waals surface area contributed by atoms with Gasteiger partial charge < -0.3 is 10.6 Å². The van der Waals surface area contributed by atoms with Crippen molar-refractivity contribution in [2.75, 3.05) is 10.6 Å². The summed E-state index contributed by atoms with van der Waals surface area (Å²) in [6, 6.07) is 18.0. The highest BCUT2D eigenvalue weighted by atomic mass is 35.5. The van der Waals surface area contributed by atoms with Crippen LogP contribution in [0.5, 0.6) is 0 Å². The predicted octanol–water partition coefficient (Wildman–Crippen LogP) is 5.67. The largest absolute Gasteiger partial charge is 0.352 e. The summed E-state index contributed by atoms with van der Waals surface area (Å²) in [7, 11) is 0. The molecule has 3 rings (SSSR count). The molecule has 25 heavy (non-hydrogen) atoms. The first kappa shape index (κ1) is 17.2. The van der Waals surface area contributed by atoms with Gasteiger partial charge in [-0.05, 0) is 38.5 Å². The molecule has 0 spiro atoms. The smallest absolute Gasteiger partial charge is 0.225 e. The van der Waals surface area contributed by atoms with Gasteiger partial charge in [0.05, 0.1) is 5.69 Å². The summed E-state index contributed by atoms with van der Waals surface area (Å²) >= 11 is 6.13. The van der Waals surface area contributed by atoms with E-state index < -0.39 is 0 Å². The lowest BCUT2D eigenvalue weighted by atomic mass is 10.1. The molecule has 3 aromatic rings. The fourth-order valence-corrected chi connectivity index (χ4v) is 2.63. The lowest BCUT2D eigenvalue weighted by molar-refractivity contribution is 0.876. The highest BCUT2D eigenvalue weighted by Gasteiger charge is 2.09. The molecule has 0 saturated carbocycles. The number of hydrogen-bond acceptors (Lipinski definition) is 4. The Morgan fingerprint density at radius 1 is 0.960 bits per heavy atom. The number of anilines is 3. The van der Waals surface area contributed by atoms with E-state index in [0.29, 0.717) is 11.0 Å². The first-order valence-corrected chi connectivity index (χ1v) is 8.63. The van der Waals surface area contributed by atoms with E-state index in [2.05, 4.69) is 34.4 Å². The second kappa shape index (κ2) is 7.53. The van der Waals surface area contributed by atoms with Crippen molar-refractivity contribution >= 4 is 29.1 Å². The van der Waals surface area contributed by atoms with Gasteiger partial charge in [-0.2, -0.15) is 4.98 Å². The summed E-state index contributed by atoms with van der Waals surface area (Å²) in [4.78, 5) is 9.23. The molecule has 0 aliphatic carbocycles. The molecule has 128 valence electrons. The minimum Gasteiger partial charge on any atom is -0.352 e. The lowest BCUT2D eigenvalue weighted by Crippen LogP contribution is -2.13. The van der Waals surface area contributed by atoms with Crippen molar-refractivity contribution in [3.63, 3.8) is 0 Å². The van der Waals surface area contributed by atoms with Crippen LogP contribution in [0.4, 0.5) is 17.5 Å². The van der Waals surface area contributed by atoms with Crippen molar-refractivity contribution < 1.29 is 0 Å². The molecule has 0 aliphatic rings. The highest BCUT2D eigenvalue weighted by molar-refractivity contribution is 6.30. The van der Waals surface area contributed by atoms with E-state index in [9.17, 15) is 0 Å². The standard InChI is InChI=1S/C20H21ClN4/c1-13(2)22-20-24-18(15-7-5-4-6-8-15)12-19(25-20)23-17-11-16(21)10-9-14(17)3/h4-13H,1-3H3,(H2,22,23,24,25). The van der Waals surface area contributed by atoms with Crippen LogP contribution in [0.15, 0.2) is 54.6 Å². The van der Waals surface area contributed by atoms with Crippen LogP contribution in [0.1, 0.15) is 19.4 Å². The minimum atomic E-state index is 0.242. The van der Waals surface area contributed by atoms with Crippen LogP contribution in [0.3, 0.4) is 0 Å². The van der Waals surface area contributed by atoms with E-state index in [1.807, 2.05) is 61.5 Å². The Kier molecular flexibility index (Phi) is 5.19. The van der Waals surface area contributed by atoms with E-state index in [0.717, 1.165) is 28.3 Å². The van der Waals surface area contributed by atoms with E-state index in [4.69, 9.17) is 11.6 Å². The Morgan fingerprint density at radius 2 is 1.72 bits per heavy atom. The maximum Gasteiger partial charge on any atom is 0.225 e. The molecule has 0 radical (unpaired) electrons. The van der Waals surface area contributed by atoms with Gasteiger partial charge in [0.2, 0.25) is 5.95 Å². The van der Waals surface area contributed by atoms with E-state index in [-0.39, 0.29) is 6.04 Å². The van der Waals surface area contributed by atoms with Crippen molar-refractivity contribution in [3.05, 3.63) is 65.2 Å². The lowest BCUT2D eigenvalue weighted by Gasteiger charge is -2.14. The van der Waals surface area contributed by atoms with E-state index in [1.165, 1.54) is 0 Å². The first-order chi connectivity index (χ1) is 12.0. The number of benzene rings is 2. The Hall–Kier alpha value is -2.59. The fraction of sp³-hybridized carbons (Fsp3) is 0.200. The third-order valence-corrected chi connectivity index (χ3v) is 3.91. The van der Waals surface area contributed by atoms with Gasteiger partial charge in [0.25, 0.3) is 0 Å². The third kappa shape index (κ3) is 4.48. The number of aromatic nitrogens is 2. The predicted molar refractivity (Wildman–Crippen MR) is 106 cm³/mol. The van der Waals surface area contributed by atoms with Crippen molar-refractivity contribution in [1.29, 1.82) is 0 Å². The van der Waals surface area contributed by atoms with Crippen LogP contribution >= 0.6 is 11.6 Å². The Labute approximate surface area is 153 Å². The highest BCUT2D eigenvalue weighted by Crippen LogP contribution is 2.27. The van der Waals surface area contributed by atoms with Crippen LogP contribution < -0.4 is 10.6 Å². The summed E-state index contributed by atoms with van der Waals surface area (Å²) in [6.45, 7) is 6.16. The molecule has 1 aromatic heterocycles. The molecule has 0 bridgehead atoms. The topological polar surface area (TPSA) is 49.8 Å². The molecular weight excluding hydrogens is 332 g/mol. The summed E-state index contributed by atoms with van der Waals surface area (Å²) in [5.41, 5.74) is 3.94. The van der Waals surface area contributed by atoms with Crippen LogP contribution in [0, 0.1) is 6.92 Å². The zero-order chi connectivity index (χ0) is 17.8. The molecule has 2 aromatic carbocycles. The number of nitrogens with zero attached hydrogens (tertiary/aromatic N) is 2. The number of rotatable bonds is 5. The monoisotopic (exact) mass is 352 g/mol. The number of nitrogens with one attached hydrogen (secondary N) is 2. The normalized spacial score (nSPS) is 10.8. The fourth-order valence-electron chi connectivity index (χ4n) is 2.46. The molecule has 0 unspecified atom stereocenters. The van der Waals surface area contributed by atoms with Gasteiger partial charge in [-0.25, -0.2) is 4.98 Å². The Morgan fingerprint density at radius 3 is 2.44 bits per heavy atom. The zero-order valence-electron chi connectivity index (χ0n) is 14.5. The second-order valence-corrected chi connectivity index (χ2v) is 6.65. The number of aryl methyl sites for hydroxylation is 1. The van der Waals surface area contributed by atoms with Crippen LogP contribution in [-0.2, 0) is 0 Å². The summed E-state index contributed by atoms with van der Waals surface area (Å²) in [6.07, 6.45) is 0. The van der Waals surface area contributed by atoms with Crippen molar-refractivity contribution in [2.45, 2.75) is 26.8 Å². The van der Waals surface area contributed by atoms with Gasteiger partial charge in [-0.3, -0.25) is 0 Å². The van der Waals surface area contributed by atoms with Gasteiger partial charge in [-0.15, -0.1) is 0 Å². The summed E-state index contributed by atoms with van der Waals surface area (Å²) in [5.74, 6) is 1.32. The molecule has 0 atom stereocenters. The van der Waals surface area contributed by atoms with E-state index >= 15 is 0 Å². The molecular formula is C20H21ClN4. The Bertz CT molecular complexity index is 863. The average Bonchev–Trinajstić information content (AvgIpc) is 2.58. The van der Waals surface area contributed by atoms with Crippen molar-refractivity contribution in [2.24, 2.45) is 0 Å². The van der Waals surface area contributed by atoms with Gasteiger partial charge in [-0.1, -0.05) is 48.0 Å². The molecule has 5 heteroatoms. The molecule has 0 amide bonds.